The Balaban J connectivity index is 3.58. The van der Waals surface area contributed by atoms with Crippen LogP contribution in [0.1, 0.15) is 271 Å². The first-order valence-electron chi connectivity index (χ1n) is 25.1. The zero-order valence-corrected chi connectivity index (χ0v) is 37.7. The highest BCUT2D eigenvalue weighted by Gasteiger charge is 2.28. The van der Waals surface area contributed by atoms with Crippen molar-refractivity contribution in [2.24, 2.45) is 0 Å². The molecule has 1 amide bonds. The molecule has 4 atom stereocenters. The van der Waals surface area contributed by atoms with Gasteiger partial charge < -0.3 is 25.7 Å². The number of allylic oxidation sites excluding steroid dienone is 2. The monoisotopic (exact) mass is 794 g/mol. The number of carbonyl (C=O) groups is 1. The van der Waals surface area contributed by atoms with Crippen molar-refractivity contribution in [2.45, 2.75) is 295 Å². The van der Waals surface area contributed by atoms with Crippen molar-refractivity contribution in [1.82, 2.24) is 5.32 Å². The van der Waals surface area contributed by atoms with E-state index in [-0.39, 0.29) is 0 Å². The number of unbranched alkanes of at least 4 members (excludes halogenated alkanes) is 35. The van der Waals surface area contributed by atoms with E-state index in [9.17, 15) is 25.2 Å². The third-order valence-corrected chi connectivity index (χ3v) is 12.0. The third kappa shape index (κ3) is 38.6. The topological polar surface area (TPSA) is 110 Å². The van der Waals surface area contributed by atoms with Crippen molar-refractivity contribution >= 4 is 5.91 Å². The van der Waals surface area contributed by atoms with Crippen LogP contribution >= 0.6 is 0 Å². The molecule has 0 rings (SSSR count). The maximum atomic E-state index is 12.5. The fourth-order valence-corrected chi connectivity index (χ4v) is 7.99. The summed E-state index contributed by atoms with van der Waals surface area (Å²) in [6.07, 6.45) is 51.4. The fraction of sp³-hybridized carbons (Fsp3) is 0.940. The molecule has 0 aromatic heterocycles. The van der Waals surface area contributed by atoms with E-state index in [1.54, 1.807) is 0 Å². The van der Waals surface area contributed by atoms with Crippen LogP contribution in [-0.4, -0.2) is 57.3 Å². The zero-order valence-electron chi connectivity index (χ0n) is 37.7. The molecule has 56 heavy (non-hydrogen) atoms. The Hall–Kier alpha value is -0.950. The molecular formula is C50H99NO5. The van der Waals surface area contributed by atoms with E-state index in [2.05, 4.69) is 31.3 Å². The van der Waals surface area contributed by atoms with Crippen molar-refractivity contribution in [2.75, 3.05) is 6.61 Å². The van der Waals surface area contributed by atoms with Gasteiger partial charge in [-0.15, -0.1) is 0 Å². The van der Waals surface area contributed by atoms with Crippen LogP contribution in [0, 0.1) is 0 Å². The Morgan fingerprint density at radius 1 is 0.429 bits per heavy atom. The van der Waals surface area contributed by atoms with Gasteiger partial charge in [0.1, 0.15) is 12.2 Å². The molecule has 6 nitrogen and oxygen atoms in total. The minimum atomic E-state index is -1.28. The lowest BCUT2D eigenvalue weighted by molar-refractivity contribution is -0.132. The highest BCUT2D eigenvalue weighted by atomic mass is 16.3. The molecule has 0 aliphatic carbocycles. The molecule has 0 spiro atoms. The predicted molar refractivity (Wildman–Crippen MR) is 242 cm³/mol. The molecule has 6 heteroatoms. The molecule has 334 valence electrons. The summed E-state index contributed by atoms with van der Waals surface area (Å²) >= 11 is 0. The molecule has 0 fully saturated rings. The van der Waals surface area contributed by atoms with E-state index in [0.717, 1.165) is 38.5 Å². The van der Waals surface area contributed by atoms with Crippen LogP contribution in [0.2, 0.25) is 0 Å². The van der Waals surface area contributed by atoms with Crippen LogP contribution < -0.4 is 5.32 Å². The van der Waals surface area contributed by atoms with Crippen LogP contribution in [0.5, 0.6) is 0 Å². The van der Waals surface area contributed by atoms with Gasteiger partial charge in [-0.1, -0.05) is 244 Å². The van der Waals surface area contributed by atoms with E-state index >= 15 is 0 Å². The summed E-state index contributed by atoms with van der Waals surface area (Å²) in [5, 5.41) is 43.7. The first kappa shape index (κ1) is 55.0. The van der Waals surface area contributed by atoms with Crippen molar-refractivity contribution < 1.29 is 25.2 Å². The first-order valence-corrected chi connectivity index (χ1v) is 25.1. The number of hydrogen-bond donors (Lipinski definition) is 5. The van der Waals surface area contributed by atoms with Gasteiger partial charge in [0.2, 0.25) is 5.91 Å². The standard InChI is InChI=1S/C50H99NO5/c1-3-5-7-9-11-13-15-17-18-19-20-21-22-23-24-25-26-27-28-29-30-31-32-34-36-38-40-42-44-48(54)50(56)51-46(45-52)49(55)47(53)43-41-39-37-35-33-16-14-12-10-8-6-4-2/h35,37,46-49,52-55H,3-34,36,38-45H2,1-2H3,(H,51,56)/b37-35+. The number of aliphatic hydroxyl groups excluding tert-OH is 4. The van der Waals surface area contributed by atoms with Gasteiger partial charge in [0, 0.05) is 0 Å². The second kappa shape index (κ2) is 45.1. The van der Waals surface area contributed by atoms with Gasteiger partial charge in [-0.2, -0.15) is 0 Å². The SMILES string of the molecule is CCCCCCCCC/C=C/CCCC(O)C(O)C(CO)NC(=O)C(O)CCCCCCCCCCCCCCCCCCCCCCCCCCCCCC. The van der Waals surface area contributed by atoms with E-state index in [1.807, 2.05) is 0 Å². The lowest BCUT2D eigenvalue weighted by Gasteiger charge is -2.27. The molecule has 4 unspecified atom stereocenters. The van der Waals surface area contributed by atoms with Gasteiger partial charge in [-0.25, -0.2) is 0 Å². The molecule has 0 radical (unpaired) electrons. The van der Waals surface area contributed by atoms with Crippen LogP contribution in [0.4, 0.5) is 0 Å². The molecule has 0 aromatic rings. The first-order chi connectivity index (χ1) is 27.5. The molecule has 0 saturated heterocycles. The number of amides is 1. The lowest BCUT2D eigenvalue weighted by atomic mass is 10.00. The Morgan fingerprint density at radius 2 is 0.732 bits per heavy atom. The number of carbonyl (C=O) groups excluding carboxylic acids is 1. The number of rotatable bonds is 46. The predicted octanol–water partition coefficient (Wildman–Crippen LogP) is 13.7. The molecule has 0 aliphatic heterocycles. The summed E-state index contributed by atoms with van der Waals surface area (Å²) in [6, 6.07) is -0.997. The zero-order chi connectivity index (χ0) is 41.0. The second-order valence-corrected chi connectivity index (χ2v) is 17.5. The van der Waals surface area contributed by atoms with Gasteiger partial charge in [-0.05, 0) is 38.5 Å². The Kier molecular flexibility index (Phi) is 44.4. The second-order valence-electron chi connectivity index (χ2n) is 17.5. The van der Waals surface area contributed by atoms with Gasteiger partial charge in [-0.3, -0.25) is 4.79 Å². The van der Waals surface area contributed by atoms with Crippen molar-refractivity contribution in [3.8, 4) is 0 Å². The number of hydrogen-bond acceptors (Lipinski definition) is 5. The summed E-state index contributed by atoms with van der Waals surface area (Å²) in [5.41, 5.74) is 0. The van der Waals surface area contributed by atoms with Crippen molar-refractivity contribution in [3.05, 3.63) is 12.2 Å². The normalized spacial score (nSPS) is 14.0. The minimum absolute atomic E-state index is 0.368. The van der Waals surface area contributed by atoms with Crippen molar-refractivity contribution in [1.29, 1.82) is 0 Å². The molecule has 0 aliphatic rings. The van der Waals surface area contributed by atoms with Crippen LogP contribution in [0.25, 0.3) is 0 Å². The van der Waals surface area contributed by atoms with Gasteiger partial charge >= 0.3 is 0 Å². The van der Waals surface area contributed by atoms with E-state index < -0.39 is 36.9 Å². The van der Waals surface area contributed by atoms with Crippen molar-refractivity contribution in [3.63, 3.8) is 0 Å². The molecule has 0 heterocycles. The maximum absolute atomic E-state index is 12.5. The summed E-state index contributed by atoms with van der Waals surface area (Å²) in [7, 11) is 0. The molecule has 5 N–H and O–H groups in total. The Morgan fingerprint density at radius 3 is 1.07 bits per heavy atom. The van der Waals surface area contributed by atoms with Crippen LogP contribution in [0.15, 0.2) is 12.2 Å². The summed E-state index contributed by atoms with van der Waals surface area (Å²) in [6.45, 7) is 4.04. The van der Waals surface area contributed by atoms with E-state index in [4.69, 9.17) is 0 Å². The van der Waals surface area contributed by atoms with Crippen LogP contribution in [0.3, 0.4) is 0 Å². The van der Waals surface area contributed by atoms with Gasteiger partial charge in [0.05, 0.1) is 18.8 Å². The quantitative estimate of drug-likeness (QED) is 0.0311. The highest BCUT2D eigenvalue weighted by molar-refractivity contribution is 5.80. The smallest absolute Gasteiger partial charge is 0.249 e. The average Bonchev–Trinajstić information content (AvgIpc) is 3.20. The molecule has 0 saturated carbocycles. The fourth-order valence-electron chi connectivity index (χ4n) is 7.99. The van der Waals surface area contributed by atoms with E-state index in [0.29, 0.717) is 12.8 Å². The number of nitrogens with one attached hydrogen (secondary N) is 1. The summed E-state index contributed by atoms with van der Waals surface area (Å²) in [5.74, 6) is -0.589. The van der Waals surface area contributed by atoms with Gasteiger partial charge in [0.15, 0.2) is 0 Å². The third-order valence-electron chi connectivity index (χ3n) is 12.0. The molecule has 0 bridgehead atoms. The molecule has 0 aromatic carbocycles. The highest BCUT2D eigenvalue weighted by Crippen LogP contribution is 2.17. The number of aliphatic hydroxyl groups is 4. The molecular weight excluding hydrogens is 695 g/mol. The largest absolute Gasteiger partial charge is 0.394 e. The van der Waals surface area contributed by atoms with Crippen LogP contribution in [-0.2, 0) is 4.79 Å². The summed E-state index contributed by atoms with van der Waals surface area (Å²) < 4.78 is 0. The minimum Gasteiger partial charge on any atom is -0.394 e. The van der Waals surface area contributed by atoms with Gasteiger partial charge in [0.25, 0.3) is 0 Å². The van der Waals surface area contributed by atoms with E-state index in [1.165, 1.54) is 205 Å². The Bertz CT molecular complexity index is 806. The Labute approximate surface area is 349 Å². The lowest BCUT2D eigenvalue weighted by Crippen LogP contribution is -2.53. The average molecular weight is 794 g/mol. The maximum Gasteiger partial charge on any atom is 0.249 e. The summed E-state index contributed by atoms with van der Waals surface area (Å²) in [4.78, 5) is 12.5.